The number of aryl methyl sites for hydroxylation is 3. The molecule has 20 heavy (non-hydrogen) atoms. The summed E-state index contributed by atoms with van der Waals surface area (Å²) in [6.45, 7) is 4.97. The lowest BCUT2D eigenvalue weighted by Crippen LogP contribution is -2.06. The van der Waals surface area contributed by atoms with Crippen LogP contribution >= 0.6 is 11.6 Å². The molecule has 1 atom stereocenters. The van der Waals surface area contributed by atoms with E-state index < -0.39 is 6.10 Å². The average Bonchev–Trinajstić information content (AvgIpc) is 2.99. The van der Waals surface area contributed by atoms with Crippen molar-refractivity contribution in [2.24, 2.45) is 7.05 Å². The Kier molecular flexibility index (Phi) is 4.83. The smallest absolute Gasteiger partial charge is 0.0876 e. The topological polar surface area (TPSA) is 55.9 Å². The summed E-state index contributed by atoms with van der Waals surface area (Å²) in [5, 5.41) is 19.6. The second-order valence-electron chi connectivity index (χ2n) is 4.94. The third-order valence-electron chi connectivity index (χ3n) is 3.38. The van der Waals surface area contributed by atoms with Gasteiger partial charge in [-0.25, -0.2) is 0 Å². The fourth-order valence-corrected chi connectivity index (χ4v) is 2.62. The summed E-state index contributed by atoms with van der Waals surface area (Å²) in [4.78, 5) is 0. The zero-order valence-electron chi connectivity index (χ0n) is 12.2. The fourth-order valence-electron chi connectivity index (χ4n) is 2.25. The number of aromatic nitrogens is 4. The van der Waals surface area contributed by atoms with Gasteiger partial charge in [-0.05, 0) is 12.8 Å². The van der Waals surface area contributed by atoms with Gasteiger partial charge in [0.1, 0.15) is 0 Å². The van der Waals surface area contributed by atoms with Crippen molar-refractivity contribution < 1.29 is 5.11 Å². The number of nitrogens with zero attached hydrogens (tertiary/aromatic N) is 4. The monoisotopic (exact) mass is 296 g/mol. The van der Waals surface area contributed by atoms with Crippen molar-refractivity contribution in [3.05, 3.63) is 34.4 Å². The van der Waals surface area contributed by atoms with Crippen molar-refractivity contribution in [2.45, 2.75) is 45.8 Å². The molecule has 2 rings (SSSR count). The Hall–Kier alpha value is -1.33. The van der Waals surface area contributed by atoms with Gasteiger partial charge in [0.2, 0.25) is 0 Å². The molecule has 0 saturated carbocycles. The minimum atomic E-state index is -0.613. The minimum absolute atomic E-state index is 0.445. The molecule has 0 aromatic carbocycles. The van der Waals surface area contributed by atoms with Crippen LogP contribution in [0.1, 0.15) is 43.3 Å². The van der Waals surface area contributed by atoms with Crippen molar-refractivity contribution in [2.75, 3.05) is 0 Å². The highest BCUT2D eigenvalue weighted by molar-refractivity contribution is 6.31. The van der Waals surface area contributed by atoms with Crippen LogP contribution in [0.25, 0.3) is 0 Å². The molecular weight excluding hydrogens is 276 g/mol. The van der Waals surface area contributed by atoms with Crippen LogP contribution in [-0.4, -0.2) is 24.7 Å². The van der Waals surface area contributed by atoms with Gasteiger partial charge in [-0.1, -0.05) is 25.4 Å². The molecule has 0 amide bonds. The van der Waals surface area contributed by atoms with E-state index in [0.29, 0.717) is 11.4 Å². The summed E-state index contributed by atoms with van der Waals surface area (Å²) in [5.74, 6) is 0. The minimum Gasteiger partial charge on any atom is -0.388 e. The fraction of sp³-hybridized carbons (Fsp3) is 0.571. The zero-order valence-corrected chi connectivity index (χ0v) is 12.9. The molecule has 0 aliphatic carbocycles. The van der Waals surface area contributed by atoms with Gasteiger partial charge in [0, 0.05) is 31.8 Å². The SMILES string of the molecule is CCCn1cc(C(O)Cc2c(Cl)c(CC)nn2C)cn1. The summed E-state index contributed by atoms with van der Waals surface area (Å²) >= 11 is 6.30. The lowest BCUT2D eigenvalue weighted by atomic mass is 10.1. The number of halogens is 1. The first kappa shape index (κ1) is 15.1. The second kappa shape index (κ2) is 6.41. The number of aliphatic hydroxyl groups is 1. The maximum Gasteiger partial charge on any atom is 0.0876 e. The molecule has 110 valence electrons. The molecule has 0 bridgehead atoms. The van der Waals surface area contributed by atoms with Gasteiger partial charge in [0.25, 0.3) is 0 Å². The highest BCUT2D eigenvalue weighted by Crippen LogP contribution is 2.26. The van der Waals surface area contributed by atoms with E-state index in [0.717, 1.165) is 36.3 Å². The zero-order chi connectivity index (χ0) is 14.7. The van der Waals surface area contributed by atoms with Crippen LogP contribution < -0.4 is 0 Å². The van der Waals surface area contributed by atoms with Crippen molar-refractivity contribution in [1.29, 1.82) is 0 Å². The summed E-state index contributed by atoms with van der Waals surface area (Å²) < 4.78 is 3.60. The Morgan fingerprint density at radius 1 is 1.40 bits per heavy atom. The van der Waals surface area contributed by atoms with Crippen LogP contribution in [-0.2, 0) is 26.4 Å². The number of aliphatic hydroxyl groups excluding tert-OH is 1. The molecule has 1 N–H and O–H groups in total. The van der Waals surface area contributed by atoms with Crippen LogP contribution in [0.2, 0.25) is 5.02 Å². The van der Waals surface area contributed by atoms with Crippen molar-refractivity contribution in [3.8, 4) is 0 Å². The first-order chi connectivity index (χ1) is 9.56. The maximum absolute atomic E-state index is 10.3. The second-order valence-corrected chi connectivity index (χ2v) is 5.32. The number of rotatable bonds is 6. The lowest BCUT2D eigenvalue weighted by molar-refractivity contribution is 0.175. The summed E-state index contributed by atoms with van der Waals surface area (Å²) in [7, 11) is 1.85. The highest BCUT2D eigenvalue weighted by Gasteiger charge is 2.18. The van der Waals surface area contributed by atoms with Crippen LogP contribution in [0.4, 0.5) is 0 Å². The van der Waals surface area contributed by atoms with E-state index >= 15 is 0 Å². The molecule has 0 spiro atoms. The van der Waals surface area contributed by atoms with Gasteiger partial charge in [0.15, 0.2) is 0 Å². The molecule has 0 fully saturated rings. The van der Waals surface area contributed by atoms with E-state index in [2.05, 4.69) is 17.1 Å². The molecule has 5 nitrogen and oxygen atoms in total. The summed E-state index contributed by atoms with van der Waals surface area (Å²) in [5.41, 5.74) is 2.55. The molecule has 0 aliphatic rings. The molecule has 2 aromatic rings. The van der Waals surface area contributed by atoms with E-state index in [1.807, 2.05) is 24.9 Å². The molecule has 2 heterocycles. The summed E-state index contributed by atoms with van der Waals surface area (Å²) in [6, 6.07) is 0. The Balaban J connectivity index is 2.14. The van der Waals surface area contributed by atoms with E-state index in [9.17, 15) is 5.11 Å². The molecule has 0 saturated heterocycles. The van der Waals surface area contributed by atoms with Gasteiger partial charge >= 0.3 is 0 Å². The van der Waals surface area contributed by atoms with Gasteiger partial charge in [-0.3, -0.25) is 9.36 Å². The van der Waals surface area contributed by atoms with E-state index in [4.69, 9.17) is 11.6 Å². The molecule has 2 aromatic heterocycles. The lowest BCUT2D eigenvalue weighted by Gasteiger charge is -2.09. The Morgan fingerprint density at radius 3 is 2.75 bits per heavy atom. The predicted octanol–water partition coefficient (Wildman–Crippen LogP) is 2.52. The van der Waals surface area contributed by atoms with Crippen molar-refractivity contribution in [1.82, 2.24) is 19.6 Å². The first-order valence-electron chi connectivity index (χ1n) is 6.97. The van der Waals surface area contributed by atoms with Gasteiger partial charge in [-0.2, -0.15) is 10.2 Å². The van der Waals surface area contributed by atoms with Crippen molar-refractivity contribution in [3.63, 3.8) is 0 Å². The first-order valence-corrected chi connectivity index (χ1v) is 7.35. The van der Waals surface area contributed by atoms with Crippen LogP contribution in [0.15, 0.2) is 12.4 Å². The quantitative estimate of drug-likeness (QED) is 0.891. The molecular formula is C14H21ClN4O. The van der Waals surface area contributed by atoms with Crippen molar-refractivity contribution >= 4 is 11.6 Å². The van der Waals surface area contributed by atoms with Gasteiger partial charge < -0.3 is 5.11 Å². The summed E-state index contributed by atoms with van der Waals surface area (Å²) in [6.07, 6.45) is 5.24. The Morgan fingerprint density at radius 2 is 2.15 bits per heavy atom. The number of hydrogen-bond donors (Lipinski definition) is 1. The molecule has 0 radical (unpaired) electrons. The molecule has 1 unspecified atom stereocenters. The van der Waals surface area contributed by atoms with Crippen LogP contribution in [0.3, 0.4) is 0 Å². The largest absolute Gasteiger partial charge is 0.388 e. The van der Waals surface area contributed by atoms with E-state index in [-0.39, 0.29) is 0 Å². The van der Waals surface area contributed by atoms with E-state index in [1.165, 1.54) is 0 Å². The third kappa shape index (κ3) is 3.04. The third-order valence-corrected chi connectivity index (χ3v) is 3.82. The maximum atomic E-state index is 10.3. The predicted molar refractivity (Wildman–Crippen MR) is 78.8 cm³/mol. The molecule has 0 aliphatic heterocycles. The Bertz CT molecular complexity index is 576. The van der Waals surface area contributed by atoms with Gasteiger partial charge in [0.05, 0.1) is 28.7 Å². The van der Waals surface area contributed by atoms with E-state index in [1.54, 1.807) is 10.9 Å². The molecule has 6 heteroatoms. The number of hydrogen-bond acceptors (Lipinski definition) is 3. The highest BCUT2D eigenvalue weighted by atomic mass is 35.5. The van der Waals surface area contributed by atoms with Crippen LogP contribution in [0.5, 0.6) is 0 Å². The van der Waals surface area contributed by atoms with Crippen LogP contribution in [0, 0.1) is 0 Å². The average molecular weight is 297 g/mol. The standard InChI is InChI=1S/C14H21ClN4O/c1-4-6-19-9-10(8-16-19)13(20)7-12-14(15)11(5-2)17-18(12)3/h8-9,13,20H,4-7H2,1-3H3. The normalized spacial score (nSPS) is 12.8. The van der Waals surface area contributed by atoms with Gasteiger partial charge in [-0.15, -0.1) is 0 Å². The Labute approximate surface area is 124 Å².